The highest BCUT2D eigenvalue weighted by Gasteiger charge is 2.21. The highest BCUT2D eigenvalue weighted by Crippen LogP contribution is 2.25. The van der Waals surface area contributed by atoms with E-state index in [4.69, 9.17) is 4.42 Å². The van der Waals surface area contributed by atoms with E-state index in [2.05, 4.69) is 10.2 Å². The Kier molecular flexibility index (Phi) is 4.02. The summed E-state index contributed by atoms with van der Waals surface area (Å²) in [6.45, 7) is 9.69. The summed E-state index contributed by atoms with van der Waals surface area (Å²) in [6.07, 6.45) is 0.699. The molecule has 0 aliphatic carbocycles. The van der Waals surface area contributed by atoms with Crippen LogP contribution in [0.15, 0.2) is 9.64 Å². The Morgan fingerprint density at radius 1 is 1.19 bits per heavy atom. The van der Waals surface area contributed by atoms with E-state index < -0.39 is 5.60 Å². The van der Waals surface area contributed by atoms with E-state index in [-0.39, 0.29) is 5.41 Å². The molecule has 16 heavy (non-hydrogen) atoms. The maximum atomic E-state index is 9.55. The fourth-order valence-electron chi connectivity index (χ4n) is 0.959. The van der Waals surface area contributed by atoms with Gasteiger partial charge in [0.2, 0.25) is 5.89 Å². The minimum atomic E-state index is -0.639. The lowest BCUT2D eigenvalue weighted by molar-refractivity contribution is 0.0777. The van der Waals surface area contributed by atoms with Gasteiger partial charge in [0, 0.05) is 11.2 Å². The van der Waals surface area contributed by atoms with Gasteiger partial charge in [-0.25, -0.2) is 0 Å². The minimum Gasteiger partial charge on any atom is -0.415 e. The molecule has 0 spiro atoms. The number of rotatable bonds is 4. The SMILES string of the molecule is CC(C)(O)CCSc1nnc(C(C)(C)C)o1. The molecule has 0 aliphatic heterocycles. The third kappa shape index (κ3) is 4.53. The molecule has 5 heteroatoms. The van der Waals surface area contributed by atoms with Crippen molar-refractivity contribution in [1.29, 1.82) is 0 Å². The van der Waals surface area contributed by atoms with Gasteiger partial charge in [0.1, 0.15) is 0 Å². The second-order valence-electron chi connectivity index (χ2n) is 5.53. The maximum Gasteiger partial charge on any atom is 0.276 e. The van der Waals surface area contributed by atoms with Crippen molar-refractivity contribution in [1.82, 2.24) is 10.2 Å². The van der Waals surface area contributed by atoms with Gasteiger partial charge in [0.15, 0.2) is 0 Å². The molecule has 1 heterocycles. The third-order valence-electron chi connectivity index (χ3n) is 1.99. The first kappa shape index (κ1) is 13.5. The van der Waals surface area contributed by atoms with Crippen LogP contribution in [0.2, 0.25) is 0 Å². The molecule has 0 amide bonds. The predicted molar refractivity (Wildman–Crippen MR) is 64.6 cm³/mol. The van der Waals surface area contributed by atoms with Crippen molar-refractivity contribution in [2.45, 2.75) is 57.3 Å². The van der Waals surface area contributed by atoms with Crippen LogP contribution in [0.25, 0.3) is 0 Å². The van der Waals surface area contributed by atoms with Crippen LogP contribution >= 0.6 is 11.8 Å². The molecule has 0 fully saturated rings. The lowest BCUT2D eigenvalue weighted by Crippen LogP contribution is -2.19. The first-order valence-corrected chi connectivity index (χ1v) is 6.36. The summed E-state index contributed by atoms with van der Waals surface area (Å²) in [7, 11) is 0. The van der Waals surface area contributed by atoms with Crippen LogP contribution < -0.4 is 0 Å². The zero-order valence-corrected chi connectivity index (χ0v) is 11.4. The largest absolute Gasteiger partial charge is 0.415 e. The summed E-state index contributed by atoms with van der Waals surface area (Å²) in [4.78, 5) is 0. The summed E-state index contributed by atoms with van der Waals surface area (Å²) in [5, 5.41) is 18.1. The zero-order valence-electron chi connectivity index (χ0n) is 10.6. The van der Waals surface area contributed by atoms with Gasteiger partial charge in [-0.15, -0.1) is 10.2 Å². The molecule has 0 aromatic carbocycles. The number of aliphatic hydroxyl groups is 1. The highest BCUT2D eigenvalue weighted by atomic mass is 32.2. The van der Waals surface area contributed by atoms with Gasteiger partial charge in [-0.3, -0.25) is 0 Å². The van der Waals surface area contributed by atoms with Crippen LogP contribution in [0, 0.1) is 0 Å². The zero-order chi connectivity index (χ0) is 12.4. The smallest absolute Gasteiger partial charge is 0.276 e. The quantitative estimate of drug-likeness (QED) is 0.825. The van der Waals surface area contributed by atoms with E-state index in [0.29, 0.717) is 17.5 Å². The molecule has 0 atom stereocenters. The average Bonchev–Trinajstić information content (AvgIpc) is 2.49. The topological polar surface area (TPSA) is 59.2 Å². The molecular formula is C11H20N2O2S. The summed E-state index contributed by atoms with van der Waals surface area (Å²) in [6, 6.07) is 0. The Morgan fingerprint density at radius 3 is 2.25 bits per heavy atom. The summed E-state index contributed by atoms with van der Waals surface area (Å²) >= 11 is 1.48. The first-order chi connectivity index (χ1) is 7.18. The van der Waals surface area contributed by atoms with Gasteiger partial charge >= 0.3 is 0 Å². The van der Waals surface area contributed by atoms with Crippen LogP contribution in [0.4, 0.5) is 0 Å². The number of aromatic nitrogens is 2. The molecule has 0 unspecified atom stereocenters. The summed E-state index contributed by atoms with van der Waals surface area (Å²) in [5.74, 6) is 1.42. The first-order valence-electron chi connectivity index (χ1n) is 5.38. The monoisotopic (exact) mass is 244 g/mol. The van der Waals surface area contributed by atoms with E-state index in [1.165, 1.54) is 11.8 Å². The maximum absolute atomic E-state index is 9.55. The van der Waals surface area contributed by atoms with E-state index >= 15 is 0 Å². The molecule has 1 aromatic rings. The molecule has 0 saturated carbocycles. The van der Waals surface area contributed by atoms with Gasteiger partial charge in [-0.2, -0.15) is 0 Å². The highest BCUT2D eigenvalue weighted by molar-refractivity contribution is 7.99. The number of hydrogen-bond acceptors (Lipinski definition) is 5. The molecule has 0 aliphatic rings. The predicted octanol–water partition coefficient (Wildman–Crippen LogP) is 2.62. The van der Waals surface area contributed by atoms with E-state index in [0.717, 1.165) is 5.75 Å². The van der Waals surface area contributed by atoms with Gasteiger partial charge in [-0.05, 0) is 20.3 Å². The van der Waals surface area contributed by atoms with E-state index in [1.807, 2.05) is 20.8 Å². The van der Waals surface area contributed by atoms with Gasteiger partial charge in [-0.1, -0.05) is 32.5 Å². The van der Waals surface area contributed by atoms with Crippen LogP contribution in [0.3, 0.4) is 0 Å². The lowest BCUT2D eigenvalue weighted by atomic mass is 9.97. The van der Waals surface area contributed by atoms with Crippen LogP contribution in [0.1, 0.15) is 46.9 Å². The molecule has 0 bridgehead atoms. The molecular weight excluding hydrogens is 224 g/mol. The Balaban J connectivity index is 2.48. The van der Waals surface area contributed by atoms with Crippen molar-refractivity contribution in [2.75, 3.05) is 5.75 Å². The van der Waals surface area contributed by atoms with Crippen molar-refractivity contribution < 1.29 is 9.52 Å². The lowest BCUT2D eigenvalue weighted by Gasteiger charge is -2.15. The second-order valence-corrected chi connectivity index (χ2v) is 6.58. The van der Waals surface area contributed by atoms with Crippen LogP contribution in [0.5, 0.6) is 0 Å². The third-order valence-corrected chi connectivity index (χ3v) is 2.81. The second kappa shape index (κ2) is 4.75. The number of thioether (sulfide) groups is 1. The van der Waals surface area contributed by atoms with Crippen molar-refractivity contribution >= 4 is 11.8 Å². The summed E-state index contributed by atoms with van der Waals surface area (Å²) in [5.41, 5.74) is -0.748. The Bertz CT molecular complexity index is 336. The van der Waals surface area contributed by atoms with Gasteiger partial charge in [0.05, 0.1) is 5.60 Å². The van der Waals surface area contributed by atoms with E-state index in [1.54, 1.807) is 13.8 Å². The molecule has 4 nitrogen and oxygen atoms in total. The van der Waals surface area contributed by atoms with Gasteiger partial charge < -0.3 is 9.52 Å². The van der Waals surface area contributed by atoms with Crippen LogP contribution in [-0.2, 0) is 5.41 Å². The summed E-state index contributed by atoms with van der Waals surface area (Å²) < 4.78 is 5.52. The van der Waals surface area contributed by atoms with E-state index in [9.17, 15) is 5.11 Å². The van der Waals surface area contributed by atoms with Crippen molar-refractivity contribution in [3.05, 3.63) is 5.89 Å². The number of nitrogens with zero attached hydrogens (tertiary/aromatic N) is 2. The normalized spacial score (nSPS) is 13.1. The minimum absolute atomic E-state index is 0.109. The van der Waals surface area contributed by atoms with Crippen LogP contribution in [-0.4, -0.2) is 26.7 Å². The molecule has 0 saturated heterocycles. The van der Waals surface area contributed by atoms with Crippen molar-refractivity contribution in [3.63, 3.8) is 0 Å². The fourth-order valence-corrected chi connectivity index (χ4v) is 1.97. The van der Waals surface area contributed by atoms with Gasteiger partial charge in [0.25, 0.3) is 5.22 Å². The van der Waals surface area contributed by atoms with Crippen molar-refractivity contribution in [3.8, 4) is 0 Å². The fraction of sp³-hybridized carbons (Fsp3) is 0.818. The average molecular weight is 244 g/mol. The molecule has 0 radical (unpaired) electrons. The molecule has 1 aromatic heterocycles. The molecule has 1 N–H and O–H groups in total. The number of hydrogen-bond donors (Lipinski definition) is 1. The Labute approximate surface area is 101 Å². The Hall–Kier alpha value is -0.550. The van der Waals surface area contributed by atoms with Crippen molar-refractivity contribution in [2.24, 2.45) is 0 Å². The molecule has 1 rings (SSSR count). The Morgan fingerprint density at radius 2 is 1.81 bits per heavy atom. The molecule has 92 valence electrons. The standard InChI is InChI=1S/C11H20N2O2S/c1-10(2,3)8-12-13-9(15-8)16-7-6-11(4,5)14/h14H,6-7H2,1-5H3.